The van der Waals surface area contributed by atoms with Gasteiger partial charge in [0.1, 0.15) is 5.82 Å². The maximum absolute atomic E-state index is 13.9. The molecule has 0 radical (unpaired) electrons. The van der Waals surface area contributed by atoms with Gasteiger partial charge in [0, 0.05) is 44.7 Å². The number of ether oxygens (including phenoxy) is 3. The van der Waals surface area contributed by atoms with Crippen LogP contribution in [0, 0.1) is 6.92 Å². The van der Waals surface area contributed by atoms with E-state index in [4.69, 9.17) is 19.2 Å². The Morgan fingerprint density at radius 1 is 1.15 bits per heavy atom. The van der Waals surface area contributed by atoms with Crippen LogP contribution in [-0.4, -0.2) is 63.4 Å². The third kappa shape index (κ3) is 4.80. The minimum atomic E-state index is -0.125. The molecule has 0 spiro atoms. The van der Waals surface area contributed by atoms with Crippen LogP contribution in [0.1, 0.15) is 34.3 Å². The van der Waals surface area contributed by atoms with Crippen LogP contribution in [0.15, 0.2) is 42.5 Å². The second-order valence-corrected chi connectivity index (χ2v) is 8.87. The first kappa shape index (κ1) is 23.8. The Morgan fingerprint density at radius 3 is 2.62 bits per heavy atom. The van der Waals surface area contributed by atoms with Crippen LogP contribution < -0.4 is 14.4 Å². The SMILES string of the molecule is COc1cccc(C(=O)N(Cc2cc3cccc(C)c3nc2N(C)C)CC2CCCO2)c1OC. The van der Waals surface area contributed by atoms with Crippen molar-refractivity contribution in [3.05, 3.63) is 59.2 Å². The fourth-order valence-electron chi connectivity index (χ4n) is 4.57. The summed E-state index contributed by atoms with van der Waals surface area (Å²) in [6.45, 7) is 3.70. The quantitative estimate of drug-likeness (QED) is 0.492. The number of amides is 1. The summed E-state index contributed by atoms with van der Waals surface area (Å²) in [5, 5.41) is 1.06. The van der Waals surface area contributed by atoms with Crippen molar-refractivity contribution < 1.29 is 19.0 Å². The van der Waals surface area contributed by atoms with E-state index in [1.54, 1.807) is 26.4 Å². The van der Waals surface area contributed by atoms with Crippen LogP contribution in [0.3, 0.4) is 0 Å². The van der Waals surface area contributed by atoms with Crippen LogP contribution in [0.2, 0.25) is 0 Å². The van der Waals surface area contributed by atoms with Crippen molar-refractivity contribution in [3.63, 3.8) is 0 Å². The molecular weight excluding hydrogens is 430 g/mol. The molecule has 2 aromatic carbocycles. The summed E-state index contributed by atoms with van der Waals surface area (Å²) in [5.41, 5.74) is 3.55. The van der Waals surface area contributed by atoms with Gasteiger partial charge in [0.2, 0.25) is 0 Å². The first-order valence-electron chi connectivity index (χ1n) is 11.6. The molecule has 0 saturated carbocycles. The van der Waals surface area contributed by atoms with E-state index in [1.807, 2.05) is 36.0 Å². The van der Waals surface area contributed by atoms with E-state index >= 15 is 0 Å². The zero-order valence-corrected chi connectivity index (χ0v) is 20.6. The maximum Gasteiger partial charge on any atom is 0.258 e. The molecule has 0 N–H and O–H groups in total. The van der Waals surface area contributed by atoms with Gasteiger partial charge in [-0.2, -0.15) is 0 Å². The number of aryl methyl sites for hydroxylation is 1. The fraction of sp³-hybridized carbons (Fsp3) is 0.407. The molecule has 1 aromatic heterocycles. The highest BCUT2D eigenvalue weighted by Gasteiger charge is 2.28. The number of aromatic nitrogens is 1. The van der Waals surface area contributed by atoms with Gasteiger partial charge in [-0.1, -0.05) is 24.3 Å². The molecule has 1 aliphatic heterocycles. The summed E-state index contributed by atoms with van der Waals surface area (Å²) in [4.78, 5) is 22.7. The number of para-hydroxylation sites is 2. The van der Waals surface area contributed by atoms with Crippen LogP contribution >= 0.6 is 0 Å². The lowest BCUT2D eigenvalue weighted by atomic mass is 10.1. The van der Waals surface area contributed by atoms with E-state index in [0.717, 1.165) is 47.3 Å². The molecular formula is C27H33N3O4. The van der Waals surface area contributed by atoms with E-state index < -0.39 is 0 Å². The Morgan fingerprint density at radius 2 is 1.94 bits per heavy atom. The highest BCUT2D eigenvalue weighted by Crippen LogP contribution is 2.33. The Labute approximate surface area is 201 Å². The van der Waals surface area contributed by atoms with Crippen molar-refractivity contribution in [3.8, 4) is 11.5 Å². The molecule has 1 atom stereocenters. The molecule has 1 aliphatic rings. The fourth-order valence-corrected chi connectivity index (χ4v) is 4.57. The van der Waals surface area contributed by atoms with Crippen LogP contribution in [-0.2, 0) is 11.3 Å². The van der Waals surface area contributed by atoms with Gasteiger partial charge in [-0.3, -0.25) is 4.79 Å². The van der Waals surface area contributed by atoms with Crippen molar-refractivity contribution in [2.75, 3.05) is 46.4 Å². The number of rotatable bonds is 8. The van der Waals surface area contributed by atoms with Gasteiger partial charge >= 0.3 is 0 Å². The second-order valence-electron chi connectivity index (χ2n) is 8.87. The number of hydrogen-bond donors (Lipinski definition) is 0. The average Bonchev–Trinajstić information content (AvgIpc) is 3.35. The monoisotopic (exact) mass is 463 g/mol. The Kier molecular flexibility index (Phi) is 7.22. The van der Waals surface area contributed by atoms with Gasteiger partial charge in [0.15, 0.2) is 11.5 Å². The van der Waals surface area contributed by atoms with Gasteiger partial charge in [-0.25, -0.2) is 4.98 Å². The minimum Gasteiger partial charge on any atom is -0.493 e. The average molecular weight is 464 g/mol. The molecule has 3 aromatic rings. The third-order valence-electron chi connectivity index (χ3n) is 6.26. The van der Waals surface area contributed by atoms with E-state index in [2.05, 4.69) is 25.1 Å². The summed E-state index contributed by atoms with van der Waals surface area (Å²) in [6.07, 6.45) is 1.96. The minimum absolute atomic E-state index is 0.0130. The standard InChI is InChI=1S/C27H33N3O4/c1-18-9-6-10-19-15-20(26(29(2)3)28-24(18)19)16-30(17-21-11-8-14-34-21)27(31)22-12-7-13-23(32-4)25(22)33-5/h6-7,9-10,12-13,15,21H,8,11,14,16-17H2,1-5H3. The number of pyridine rings is 1. The van der Waals surface area contributed by atoms with Gasteiger partial charge in [0.25, 0.3) is 5.91 Å². The van der Waals surface area contributed by atoms with Crippen LogP contribution in [0.4, 0.5) is 5.82 Å². The smallest absolute Gasteiger partial charge is 0.258 e. The molecule has 0 aliphatic carbocycles. The molecule has 0 bridgehead atoms. The zero-order valence-electron chi connectivity index (χ0n) is 20.6. The predicted molar refractivity (Wildman–Crippen MR) is 134 cm³/mol. The van der Waals surface area contributed by atoms with Crippen LogP contribution in [0.5, 0.6) is 11.5 Å². The van der Waals surface area contributed by atoms with Gasteiger partial charge in [-0.05, 0) is 43.5 Å². The van der Waals surface area contributed by atoms with Crippen LogP contribution in [0.25, 0.3) is 10.9 Å². The molecule has 1 fully saturated rings. The molecule has 2 heterocycles. The molecule has 7 nitrogen and oxygen atoms in total. The first-order chi connectivity index (χ1) is 16.4. The number of benzene rings is 2. The number of anilines is 1. The number of methoxy groups -OCH3 is 2. The summed E-state index contributed by atoms with van der Waals surface area (Å²) in [7, 11) is 7.08. The molecule has 1 amide bonds. The highest BCUT2D eigenvalue weighted by molar-refractivity contribution is 5.98. The molecule has 180 valence electrons. The van der Waals surface area contributed by atoms with E-state index in [9.17, 15) is 4.79 Å². The van der Waals surface area contributed by atoms with Crippen molar-refractivity contribution in [2.45, 2.75) is 32.4 Å². The van der Waals surface area contributed by atoms with Crippen molar-refractivity contribution in [1.82, 2.24) is 9.88 Å². The Balaban J connectivity index is 1.76. The Hall–Kier alpha value is -3.32. The summed E-state index contributed by atoms with van der Waals surface area (Å²) < 4.78 is 16.9. The molecule has 34 heavy (non-hydrogen) atoms. The largest absolute Gasteiger partial charge is 0.493 e. The first-order valence-corrected chi connectivity index (χ1v) is 11.6. The summed E-state index contributed by atoms with van der Waals surface area (Å²) >= 11 is 0. The second kappa shape index (κ2) is 10.3. The molecule has 1 saturated heterocycles. The van der Waals surface area contributed by atoms with Crippen molar-refractivity contribution in [1.29, 1.82) is 0 Å². The third-order valence-corrected chi connectivity index (χ3v) is 6.26. The van der Waals surface area contributed by atoms with E-state index in [0.29, 0.717) is 30.2 Å². The van der Waals surface area contributed by atoms with E-state index in [-0.39, 0.29) is 12.0 Å². The van der Waals surface area contributed by atoms with Crippen molar-refractivity contribution >= 4 is 22.6 Å². The number of carbonyl (C=O) groups excluding carboxylic acids is 1. The lowest BCUT2D eigenvalue weighted by Crippen LogP contribution is -2.37. The number of nitrogens with zero attached hydrogens (tertiary/aromatic N) is 3. The number of carbonyl (C=O) groups is 1. The normalized spacial score (nSPS) is 15.4. The highest BCUT2D eigenvalue weighted by atomic mass is 16.5. The van der Waals surface area contributed by atoms with Gasteiger partial charge in [-0.15, -0.1) is 0 Å². The maximum atomic E-state index is 13.9. The zero-order chi connectivity index (χ0) is 24.2. The molecule has 4 rings (SSSR count). The lowest BCUT2D eigenvalue weighted by Gasteiger charge is -2.28. The van der Waals surface area contributed by atoms with Gasteiger partial charge in [0.05, 0.1) is 31.4 Å². The molecule has 1 unspecified atom stereocenters. The van der Waals surface area contributed by atoms with Crippen molar-refractivity contribution in [2.24, 2.45) is 0 Å². The predicted octanol–water partition coefficient (Wildman–Crippen LogP) is 4.45. The Bertz CT molecular complexity index is 1170. The number of fused-ring (bicyclic) bond motifs is 1. The lowest BCUT2D eigenvalue weighted by molar-refractivity contribution is 0.0504. The molecule has 7 heteroatoms. The number of hydrogen-bond acceptors (Lipinski definition) is 6. The van der Waals surface area contributed by atoms with E-state index in [1.165, 1.54) is 0 Å². The summed E-state index contributed by atoms with van der Waals surface area (Å²) in [6, 6.07) is 13.7. The summed E-state index contributed by atoms with van der Waals surface area (Å²) in [5.74, 6) is 1.69. The van der Waals surface area contributed by atoms with Gasteiger partial charge < -0.3 is 24.0 Å². The topological polar surface area (TPSA) is 64.1 Å².